The third kappa shape index (κ3) is 9.65. The highest BCUT2D eigenvalue weighted by Crippen LogP contribution is 2.34. The van der Waals surface area contributed by atoms with Gasteiger partial charge in [-0.25, -0.2) is 23.4 Å². The van der Waals surface area contributed by atoms with E-state index < -0.39 is 58.8 Å². The fourth-order valence-electron chi connectivity index (χ4n) is 9.11. The van der Waals surface area contributed by atoms with Gasteiger partial charge in [-0.2, -0.15) is 22.7 Å². The lowest BCUT2D eigenvalue weighted by molar-refractivity contribution is -0.192. The molecule has 2 aliphatic heterocycles. The number of fused-ring (bicyclic) bond motifs is 3. The maximum atomic E-state index is 14.2. The molecule has 3 amide bonds. The quantitative estimate of drug-likeness (QED) is 0.0730. The first kappa shape index (κ1) is 46.6. The van der Waals surface area contributed by atoms with Crippen LogP contribution in [0.3, 0.4) is 0 Å². The van der Waals surface area contributed by atoms with Gasteiger partial charge in [0.1, 0.15) is 11.9 Å². The molecule has 1 aliphatic carbocycles. The van der Waals surface area contributed by atoms with E-state index in [0.717, 1.165) is 104 Å². The average molecular weight is 938 g/mol. The van der Waals surface area contributed by atoms with E-state index in [2.05, 4.69) is 44.5 Å². The predicted octanol–water partition coefficient (Wildman–Crippen LogP) is 5.90. The number of imide groups is 1. The molecule has 354 valence electrons. The zero-order chi connectivity index (χ0) is 47.9. The third-order valence-electron chi connectivity index (χ3n) is 12.7. The van der Waals surface area contributed by atoms with E-state index in [9.17, 15) is 50.6 Å². The number of carboxylic acid groups (broad SMARTS) is 1. The summed E-state index contributed by atoms with van der Waals surface area (Å²) >= 11 is 0. The standard InChI is InChI=1S/C43H44F3N9O5.C2HF3O2/c1-51-34-17-24(6-11-32(34)55(43(51)60)33-12-13-37(56)49-42(33)59)3-2-14-52-15-16-53-35(21-47-36(53)23-52)26-7-8-27-22-54(50-31(27)18-26)28-9-4-25(5-10-28)20-48-41(58)29-19-30(44)40(57)39(46)38(29)45;3-2(4,5)1(6)7/h6-8,11,17-19,21-22,25,28,33,57H,2-5,9-10,12-16,20,23H2,1H3,(H,48,58)(H,49,56,59);(H,6,7)/t25?,28?,33-;/m1./s1. The Morgan fingerprint density at radius 2 is 1.69 bits per heavy atom. The second kappa shape index (κ2) is 18.7. The molecular weight excluding hydrogens is 893 g/mol. The minimum Gasteiger partial charge on any atom is -0.503 e. The summed E-state index contributed by atoms with van der Waals surface area (Å²) in [4.78, 5) is 66.0. The number of hydrogen-bond donors (Lipinski definition) is 4. The van der Waals surface area contributed by atoms with Crippen molar-refractivity contribution in [3.63, 3.8) is 0 Å². The van der Waals surface area contributed by atoms with Gasteiger partial charge >= 0.3 is 17.8 Å². The first-order chi connectivity index (χ1) is 31.9. The van der Waals surface area contributed by atoms with Crippen LogP contribution in [0.1, 0.15) is 78.8 Å². The number of carbonyl (C=O) groups excluding carboxylic acids is 3. The number of aromatic nitrogens is 6. The molecule has 6 aromatic rings. The Morgan fingerprint density at radius 1 is 0.940 bits per heavy atom. The Hall–Kier alpha value is -6.97. The van der Waals surface area contributed by atoms with Crippen LogP contribution in [0.2, 0.25) is 0 Å². The van der Waals surface area contributed by atoms with Crippen molar-refractivity contribution in [1.82, 2.24) is 44.0 Å². The molecule has 1 saturated carbocycles. The number of halogens is 6. The van der Waals surface area contributed by atoms with Crippen LogP contribution in [0.25, 0.3) is 33.2 Å². The van der Waals surface area contributed by atoms with Gasteiger partial charge in [-0.15, -0.1) is 0 Å². The predicted molar refractivity (Wildman–Crippen MR) is 228 cm³/mol. The molecule has 16 nitrogen and oxygen atoms in total. The summed E-state index contributed by atoms with van der Waals surface area (Å²) in [5, 5.41) is 27.3. The molecule has 3 aromatic carbocycles. The fraction of sp³-hybridized carbons (Fsp3) is 0.400. The Morgan fingerprint density at radius 3 is 2.40 bits per heavy atom. The van der Waals surface area contributed by atoms with E-state index in [-0.39, 0.29) is 36.5 Å². The molecule has 67 heavy (non-hydrogen) atoms. The lowest BCUT2D eigenvalue weighted by Gasteiger charge is -2.28. The van der Waals surface area contributed by atoms with Crippen molar-refractivity contribution in [2.24, 2.45) is 13.0 Å². The average Bonchev–Trinajstić information content (AvgIpc) is 3.99. The second-order valence-electron chi connectivity index (χ2n) is 17.0. The number of nitrogens with zero attached hydrogens (tertiary/aromatic N) is 7. The normalized spacial score (nSPS) is 18.9. The highest BCUT2D eigenvalue weighted by Gasteiger charge is 2.38. The van der Waals surface area contributed by atoms with Gasteiger partial charge in [0.25, 0.3) is 5.91 Å². The van der Waals surface area contributed by atoms with Crippen molar-refractivity contribution in [2.45, 2.75) is 82.7 Å². The van der Waals surface area contributed by atoms with Crippen molar-refractivity contribution < 1.29 is 55.7 Å². The van der Waals surface area contributed by atoms with Gasteiger partial charge in [0, 0.05) is 50.2 Å². The number of aromatic hydroxyl groups is 1. The molecule has 5 heterocycles. The summed E-state index contributed by atoms with van der Waals surface area (Å²) in [6.45, 7) is 3.54. The number of amides is 3. The number of phenolic OH excluding ortho intramolecular Hbond substituents is 1. The molecule has 0 bridgehead atoms. The SMILES string of the molecule is Cn1c(=O)n([C@@H]2CCC(=O)NC2=O)c2ccc(CCCN3CCn4c(-c5ccc6cn(C7CCC(CNC(=O)c8cc(F)c(O)c(F)c8F)CC7)nc6c5)cnc4C3)cc21.O=C(O)C(F)(F)F. The Labute approximate surface area is 376 Å². The van der Waals surface area contributed by atoms with Crippen LogP contribution in [0.4, 0.5) is 26.3 Å². The lowest BCUT2D eigenvalue weighted by Crippen LogP contribution is -2.44. The second-order valence-corrected chi connectivity index (χ2v) is 17.0. The van der Waals surface area contributed by atoms with Gasteiger partial charge in [0.05, 0.1) is 46.6 Å². The van der Waals surface area contributed by atoms with Crippen LogP contribution in [0.5, 0.6) is 5.75 Å². The van der Waals surface area contributed by atoms with E-state index in [4.69, 9.17) is 20.0 Å². The summed E-state index contributed by atoms with van der Waals surface area (Å²) in [6, 6.07) is 12.2. The summed E-state index contributed by atoms with van der Waals surface area (Å²) < 4.78 is 80.7. The minimum atomic E-state index is -5.08. The van der Waals surface area contributed by atoms with Gasteiger partial charge in [-0.1, -0.05) is 18.2 Å². The third-order valence-corrected chi connectivity index (χ3v) is 12.7. The summed E-state index contributed by atoms with van der Waals surface area (Å²) in [6.07, 6.45) is 4.37. The Kier molecular flexibility index (Phi) is 13.0. The number of benzene rings is 3. The number of hydrogen-bond acceptors (Lipinski definition) is 9. The van der Waals surface area contributed by atoms with Gasteiger partial charge in [-0.3, -0.25) is 38.4 Å². The molecule has 0 spiro atoms. The molecule has 3 aromatic heterocycles. The summed E-state index contributed by atoms with van der Waals surface area (Å²) in [7, 11) is 1.71. The highest BCUT2D eigenvalue weighted by atomic mass is 19.4. The first-order valence-electron chi connectivity index (χ1n) is 21.6. The number of piperidine rings is 1. The zero-order valence-corrected chi connectivity index (χ0v) is 36.0. The van der Waals surface area contributed by atoms with Gasteiger partial charge in [-0.05, 0) is 87.2 Å². The molecule has 1 saturated heterocycles. The Bertz CT molecular complexity index is 2970. The van der Waals surface area contributed by atoms with Gasteiger partial charge < -0.3 is 20.1 Å². The zero-order valence-electron chi connectivity index (χ0n) is 36.0. The van der Waals surface area contributed by atoms with E-state index in [1.807, 2.05) is 29.1 Å². The van der Waals surface area contributed by atoms with Crippen molar-refractivity contribution in [1.29, 1.82) is 0 Å². The summed E-state index contributed by atoms with van der Waals surface area (Å²) in [5.74, 6) is -9.54. The van der Waals surface area contributed by atoms with Crippen LogP contribution in [0.15, 0.2) is 59.7 Å². The largest absolute Gasteiger partial charge is 0.503 e. The first-order valence-corrected chi connectivity index (χ1v) is 21.6. The van der Waals surface area contributed by atoms with Gasteiger partial charge in [0.15, 0.2) is 17.4 Å². The monoisotopic (exact) mass is 937 g/mol. The highest BCUT2D eigenvalue weighted by molar-refractivity contribution is 6.00. The maximum Gasteiger partial charge on any atom is 0.490 e. The fourth-order valence-corrected chi connectivity index (χ4v) is 9.11. The molecule has 4 N–H and O–H groups in total. The number of carbonyl (C=O) groups is 4. The van der Waals surface area contributed by atoms with Gasteiger partial charge in [0.2, 0.25) is 17.6 Å². The molecule has 0 radical (unpaired) electrons. The molecule has 9 rings (SSSR count). The number of alkyl halides is 3. The molecular formula is C45H45F6N9O7. The number of phenols is 1. The number of imidazole rings is 2. The minimum absolute atomic E-state index is 0.113. The molecule has 1 atom stereocenters. The topological polar surface area (TPSA) is 199 Å². The lowest BCUT2D eigenvalue weighted by atomic mass is 9.86. The van der Waals surface area contributed by atoms with E-state index in [0.29, 0.717) is 18.0 Å². The summed E-state index contributed by atoms with van der Waals surface area (Å²) in [5.41, 5.74) is 4.47. The van der Waals surface area contributed by atoms with Crippen LogP contribution < -0.4 is 16.3 Å². The number of rotatable bonds is 10. The smallest absolute Gasteiger partial charge is 0.490 e. The number of aliphatic carboxylic acids is 1. The van der Waals surface area contributed by atoms with Crippen LogP contribution in [-0.2, 0) is 40.9 Å². The van der Waals surface area contributed by atoms with Crippen molar-refractivity contribution in [3.8, 4) is 17.0 Å². The molecule has 22 heteroatoms. The van der Waals surface area contributed by atoms with Crippen LogP contribution in [-0.4, -0.2) is 93.1 Å². The maximum absolute atomic E-state index is 14.2. The van der Waals surface area contributed by atoms with E-state index in [1.54, 1.807) is 11.6 Å². The Balaban J connectivity index is 0.000000807. The number of nitrogens with one attached hydrogen (secondary N) is 2. The van der Waals surface area contributed by atoms with E-state index in [1.165, 1.54) is 4.57 Å². The molecule has 0 unspecified atom stereocenters. The molecule has 3 aliphatic rings. The van der Waals surface area contributed by atoms with Crippen LogP contribution >= 0.6 is 0 Å². The van der Waals surface area contributed by atoms with Crippen molar-refractivity contribution in [3.05, 3.63) is 99.7 Å². The number of carboxylic acids is 1. The molecule has 2 fully saturated rings. The van der Waals surface area contributed by atoms with E-state index >= 15 is 0 Å². The van der Waals surface area contributed by atoms with Crippen LogP contribution in [0, 0.1) is 23.4 Å². The van der Waals surface area contributed by atoms with Crippen molar-refractivity contribution in [2.75, 3.05) is 19.6 Å². The van der Waals surface area contributed by atoms with Crippen molar-refractivity contribution >= 4 is 45.6 Å². The number of aryl methyl sites for hydroxylation is 2.